The van der Waals surface area contributed by atoms with Gasteiger partial charge in [-0.1, -0.05) is 0 Å². The molecule has 8 nitrogen and oxygen atoms in total. The molecule has 0 fully saturated rings. The van der Waals surface area contributed by atoms with Crippen molar-refractivity contribution in [3.05, 3.63) is 23.3 Å². The molecule has 0 spiro atoms. The fourth-order valence-electron chi connectivity index (χ4n) is 2.45. The van der Waals surface area contributed by atoms with Crippen molar-refractivity contribution in [1.29, 1.82) is 0 Å². The largest absolute Gasteiger partial charge is 0.480 e. The Kier molecular flexibility index (Phi) is 4.69. The standard InChI is InChI=1S/C14H19N5O3/c1-4-18(7-13(21)22)12(20)6-5-11-9(2)17-14-15-8-16-19(14)10(11)3/h8H,4-7H2,1-3H3,(H,21,22). The van der Waals surface area contributed by atoms with E-state index in [1.54, 1.807) is 11.4 Å². The highest BCUT2D eigenvalue weighted by atomic mass is 16.4. The molecule has 118 valence electrons. The van der Waals surface area contributed by atoms with Crippen LogP contribution in [-0.2, 0) is 16.0 Å². The van der Waals surface area contributed by atoms with E-state index in [9.17, 15) is 9.59 Å². The van der Waals surface area contributed by atoms with Gasteiger partial charge in [0, 0.05) is 24.4 Å². The Labute approximate surface area is 127 Å². The van der Waals surface area contributed by atoms with Crippen molar-refractivity contribution in [2.24, 2.45) is 0 Å². The van der Waals surface area contributed by atoms with Gasteiger partial charge in [0.2, 0.25) is 5.91 Å². The Balaban J connectivity index is 2.14. The molecule has 0 atom stereocenters. The molecular formula is C14H19N5O3. The topological polar surface area (TPSA) is 101 Å². The second-order valence-electron chi connectivity index (χ2n) is 5.03. The van der Waals surface area contributed by atoms with E-state index in [1.165, 1.54) is 11.2 Å². The van der Waals surface area contributed by atoms with Gasteiger partial charge in [-0.3, -0.25) is 9.59 Å². The van der Waals surface area contributed by atoms with E-state index in [4.69, 9.17) is 5.11 Å². The lowest BCUT2D eigenvalue weighted by atomic mass is 10.1. The molecule has 1 amide bonds. The average Bonchev–Trinajstić information content (AvgIpc) is 2.92. The number of hydrogen-bond donors (Lipinski definition) is 1. The van der Waals surface area contributed by atoms with Crippen LogP contribution in [0.2, 0.25) is 0 Å². The van der Waals surface area contributed by atoms with Crippen LogP contribution in [0.1, 0.15) is 30.3 Å². The average molecular weight is 305 g/mol. The summed E-state index contributed by atoms with van der Waals surface area (Å²) in [6.45, 7) is 5.65. The van der Waals surface area contributed by atoms with E-state index >= 15 is 0 Å². The number of aliphatic carboxylic acids is 1. The molecule has 22 heavy (non-hydrogen) atoms. The zero-order chi connectivity index (χ0) is 16.3. The molecule has 0 aromatic carbocycles. The van der Waals surface area contributed by atoms with E-state index in [0.29, 0.717) is 18.7 Å². The maximum Gasteiger partial charge on any atom is 0.323 e. The first-order valence-electron chi connectivity index (χ1n) is 7.09. The highest BCUT2D eigenvalue weighted by Crippen LogP contribution is 2.15. The molecule has 0 saturated carbocycles. The zero-order valence-corrected chi connectivity index (χ0v) is 12.9. The third-order valence-electron chi connectivity index (χ3n) is 3.64. The predicted molar refractivity (Wildman–Crippen MR) is 78.5 cm³/mol. The summed E-state index contributed by atoms with van der Waals surface area (Å²) in [6.07, 6.45) is 2.18. The van der Waals surface area contributed by atoms with Crippen LogP contribution in [-0.4, -0.2) is 54.6 Å². The molecule has 0 saturated heterocycles. The van der Waals surface area contributed by atoms with Gasteiger partial charge in [-0.25, -0.2) is 9.50 Å². The fraction of sp³-hybridized carbons (Fsp3) is 0.500. The Morgan fingerprint density at radius 2 is 2.09 bits per heavy atom. The van der Waals surface area contributed by atoms with Crippen molar-refractivity contribution in [2.45, 2.75) is 33.6 Å². The van der Waals surface area contributed by atoms with Crippen molar-refractivity contribution in [3.63, 3.8) is 0 Å². The molecule has 0 unspecified atom stereocenters. The van der Waals surface area contributed by atoms with Gasteiger partial charge < -0.3 is 10.0 Å². The van der Waals surface area contributed by atoms with Crippen molar-refractivity contribution in [1.82, 2.24) is 24.5 Å². The molecule has 0 radical (unpaired) electrons. The summed E-state index contributed by atoms with van der Waals surface area (Å²) < 4.78 is 1.64. The van der Waals surface area contributed by atoms with Gasteiger partial charge in [0.25, 0.3) is 5.78 Å². The number of rotatable bonds is 6. The maximum absolute atomic E-state index is 12.1. The lowest BCUT2D eigenvalue weighted by Crippen LogP contribution is -2.35. The van der Waals surface area contributed by atoms with E-state index in [-0.39, 0.29) is 18.9 Å². The van der Waals surface area contributed by atoms with Gasteiger partial charge in [-0.15, -0.1) is 0 Å². The molecule has 0 aliphatic heterocycles. The van der Waals surface area contributed by atoms with E-state index in [2.05, 4.69) is 15.1 Å². The number of carboxylic acids is 1. The predicted octanol–water partition coefficient (Wildman–Crippen LogP) is 0.607. The van der Waals surface area contributed by atoms with Crippen LogP contribution < -0.4 is 0 Å². The van der Waals surface area contributed by atoms with Gasteiger partial charge in [-0.05, 0) is 32.8 Å². The summed E-state index contributed by atoms with van der Waals surface area (Å²) in [5.74, 6) is -0.651. The Morgan fingerprint density at radius 1 is 1.36 bits per heavy atom. The molecule has 2 rings (SSSR count). The monoisotopic (exact) mass is 305 g/mol. The van der Waals surface area contributed by atoms with Crippen LogP contribution in [0.25, 0.3) is 5.78 Å². The number of likely N-dealkylation sites (N-methyl/N-ethyl adjacent to an activating group) is 1. The minimum Gasteiger partial charge on any atom is -0.480 e. The number of carboxylic acid groups (broad SMARTS) is 1. The second kappa shape index (κ2) is 6.50. The third kappa shape index (κ3) is 3.21. The quantitative estimate of drug-likeness (QED) is 0.839. The minimum absolute atomic E-state index is 0.178. The summed E-state index contributed by atoms with van der Waals surface area (Å²) in [5, 5.41) is 12.9. The normalized spacial score (nSPS) is 10.9. The van der Waals surface area contributed by atoms with Crippen LogP contribution in [0, 0.1) is 13.8 Å². The van der Waals surface area contributed by atoms with Crippen LogP contribution in [0.15, 0.2) is 6.33 Å². The summed E-state index contributed by atoms with van der Waals surface area (Å²) in [5.41, 5.74) is 2.65. The van der Waals surface area contributed by atoms with Crippen LogP contribution >= 0.6 is 0 Å². The molecule has 1 N–H and O–H groups in total. The van der Waals surface area contributed by atoms with Crippen LogP contribution in [0.5, 0.6) is 0 Å². The van der Waals surface area contributed by atoms with Gasteiger partial charge in [0.15, 0.2) is 0 Å². The van der Waals surface area contributed by atoms with Crippen LogP contribution in [0.4, 0.5) is 0 Å². The molecule has 2 aromatic heterocycles. The van der Waals surface area contributed by atoms with Gasteiger partial charge >= 0.3 is 5.97 Å². The molecule has 0 aliphatic rings. The summed E-state index contributed by atoms with van der Waals surface area (Å²) >= 11 is 0. The number of aryl methyl sites for hydroxylation is 2. The maximum atomic E-state index is 12.1. The van der Waals surface area contributed by atoms with Crippen LogP contribution in [0.3, 0.4) is 0 Å². The minimum atomic E-state index is -1.01. The first kappa shape index (κ1) is 15.9. The smallest absolute Gasteiger partial charge is 0.323 e. The molecule has 0 aliphatic carbocycles. The van der Waals surface area contributed by atoms with Gasteiger partial charge in [0.05, 0.1) is 0 Å². The molecule has 2 aromatic rings. The first-order valence-corrected chi connectivity index (χ1v) is 7.09. The Morgan fingerprint density at radius 3 is 2.73 bits per heavy atom. The second-order valence-corrected chi connectivity index (χ2v) is 5.03. The van der Waals surface area contributed by atoms with Crippen molar-refractivity contribution in [3.8, 4) is 0 Å². The lowest BCUT2D eigenvalue weighted by Gasteiger charge is -2.19. The lowest BCUT2D eigenvalue weighted by molar-refractivity contribution is -0.144. The third-order valence-corrected chi connectivity index (χ3v) is 3.64. The Hall–Kier alpha value is -2.51. The fourth-order valence-corrected chi connectivity index (χ4v) is 2.45. The van der Waals surface area contributed by atoms with Gasteiger partial charge in [-0.2, -0.15) is 10.1 Å². The highest BCUT2D eigenvalue weighted by molar-refractivity contribution is 5.81. The van der Waals surface area contributed by atoms with Crippen molar-refractivity contribution >= 4 is 17.7 Å². The number of carbonyl (C=O) groups excluding carboxylic acids is 1. The van der Waals surface area contributed by atoms with E-state index in [0.717, 1.165) is 17.0 Å². The first-order chi connectivity index (χ1) is 10.4. The van der Waals surface area contributed by atoms with Crippen molar-refractivity contribution in [2.75, 3.05) is 13.1 Å². The summed E-state index contributed by atoms with van der Waals surface area (Å²) in [4.78, 5) is 32.6. The summed E-state index contributed by atoms with van der Waals surface area (Å²) in [6, 6.07) is 0. The Bertz CT molecular complexity index is 710. The summed E-state index contributed by atoms with van der Waals surface area (Å²) in [7, 11) is 0. The molecule has 2 heterocycles. The number of amides is 1. The van der Waals surface area contributed by atoms with Crippen molar-refractivity contribution < 1.29 is 14.7 Å². The van der Waals surface area contributed by atoms with E-state index in [1.807, 2.05) is 13.8 Å². The number of hydrogen-bond acceptors (Lipinski definition) is 5. The molecule has 0 bridgehead atoms. The number of aromatic nitrogens is 4. The number of fused-ring (bicyclic) bond motifs is 1. The van der Waals surface area contributed by atoms with Gasteiger partial charge in [0.1, 0.15) is 12.9 Å². The van der Waals surface area contributed by atoms with E-state index < -0.39 is 5.97 Å². The highest BCUT2D eigenvalue weighted by Gasteiger charge is 2.17. The molecule has 8 heteroatoms. The SMILES string of the molecule is CCN(CC(=O)O)C(=O)CCc1c(C)nc2ncnn2c1C. The zero-order valence-electron chi connectivity index (χ0n) is 12.9. The molecular weight excluding hydrogens is 286 g/mol. The number of carbonyl (C=O) groups is 2. The number of nitrogens with zero attached hydrogens (tertiary/aromatic N) is 5.